The molecule has 98 valence electrons. The van der Waals surface area contributed by atoms with Crippen LogP contribution < -0.4 is 10.9 Å². The van der Waals surface area contributed by atoms with Gasteiger partial charge in [-0.2, -0.15) is 0 Å². The summed E-state index contributed by atoms with van der Waals surface area (Å²) < 4.78 is 0. The molecule has 2 aromatic heterocycles. The maximum Gasteiger partial charge on any atom is 0.342 e. The first kappa shape index (κ1) is 12.7. The first-order chi connectivity index (χ1) is 9.16. The van der Waals surface area contributed by atoms with Gasteiger partial charge in [-0.05, 0) is 12.1 Å². The van der Waals surface area contributed by atoms with E-state index in [4.69, 9.17) is 5.11 Å². The highest BCUT2D eigenvalue weighted by molar-refractivity contribution is 5.86. The Morgan fingerprint density at radius 3 is 2.84 bits per heavy atom. The number of nitrogens with zero attached hydrogens (tertiary/aromatic N) is 2. The van der Waals surface area contributed by atoms with Crippen molar-refractivity contribution in [2.75, 3.05) is 11.9 Å². The molecule has 0 saturated carbocycles. The van der Waals surface area contributed by atoms with Gasteiger partial charge in [0.25, 0.3) is 5.56 Å². The minimum atomic E-state index is -1.30. The SMILES string of the molecule is O=C(O)c1cnc(NCCc2ccccn2)[nH]c1=O. The molecule has 0 fully saturated rings. The topological polar surface area (TPSA) is 108 Å². The molecular weight excluding hydrogens is 248 g/mol. The Balaban J connectivity index is 1.95. The van der Waals surface area contributed by atoms with Gasteiger partial charge in [-0.3, -0.25) is 14.8 Å². The molecule has 19 heavy (non-hydrogen) atoms. The summed E-state index contributed by atoms with van der Waals surface area (Å²) in [5.41, 5.74) is -0.141. The average molecular weight is 260 g/mol. The second kappa shape index (κ2) is 5.76. The molecular formula is C12H12N4O3. The summed E-state index contributed by atoms with van der Waals surface area (Å²) in [5, 5.41) is 11.6. The van der Waals surface area contributed by atoms with Gasteiger partial charge < -0.3 is 10.4 Å². The van der Waals surface area contributed by atoms with Crippen LogP contribution in [-0.2, 0) is 6.42 Å². The van der Waals surface area contributed by atoms with Crippen molar-refractivity contribution in [2.24, 2.45) is 0 Å². The Hall–Kier alpha value is -2.70. The molecule has 3 N–H and O–H groups in total. The van der Waals surface area contributed by atoms with Crippen molar-refractivity contribution in [3.63, 3.8) is 0 Å². The van der Waals surface area contributed by atoms with Gasteiger partial charge in [0.2, 0.25) is 5.95 Å². The van der Waals surface area contributed by atoms with Crippen LogP contribution >= 0.6 is 0 Å². The number of carboxylic acids is 1. The van der Waals surface area contributed by atoms with E-state index >= 15 is 0 Å². The fourth-order valence-corrected chi connectivity index (χ4v) is 1.49. The number of hydrogen-bond acceptors (Lipinski definition) is 5. The zero-order valence-corrected chi connectivity index (χ0v) is 9.96. The van der Waals surface area contributed by atoms with Crippen LogP contribution in [-0.4, -0.2) is 32.6 Å². The molecule has 0 aliphatic rings. The lowest BCUT2D eigenvalue weighted by atomic mass is 10.3. The summed E-state index contributed by atoms with van der Waals surface area (Å²) in [6, 6.07) is 5.62. The largest absolute Gasteiger partial charge is 0.477 e. The highest BCUT2D eigenvalue weighted by Gasteiger charge is 2.09. The van der Waals surface area contributed by atoms with Crippen molar-refractivity contribution in [1.82, 2.24) is 15.0 Å². The zero-order chi connectivity index (χ0) is 13.7. The summed E-state index contributed by atoms with van der Waals surface area (Å²) in [7, 11) is 0. The number of H-pyrrole nitrogens is 1. The molecule has 0 aliphatic heterocycles. The van der Waals surface area contributed by atoms with E-state index in [-0.39, 0.29) is 11.5 Å². The maximum atomic E-state index is 11.4. The second-order valence-electron chi connectivity index (χ2n) is 3.78. The summed E-state index contributed by atoms with van der Waals surface area (Å²) in [6.07, 6.45) is 3.41. The molecule has 0 radical (unpaired) electrons. The van der Waals surface area contributed by atoms with Crippen LogP contribution in [0.2, 0.25) is 0 Å². The number of aromatic amines is 1. The fraction of sp³-hybridized carbons (Fsp3) is 0.167. The third-order valence-corrected chi connectivity index (χ3v) is 2.43. The molecule has 2 rings (SSSR count). The van der Waals surface area contributed by atoms with Gasteiger partial charge in [0.1, 0.15) is 5.56 Å². The predicted molar refractivity (Wildman–Crippen MR) is 68.2 cm³/mol. The molecule has 0 spiro atoms. The van der Waals surface area contributed by atoms with E-state index in [1.165, 1.54) is 0 Å². The van der Waals surface area contributed by atoms with Gasteiger partial charge >= 0.3 is 5.97 Å². The van der Waals surface area contributed by atoms with Crippen molar-refractivity contribution in [2.45, 2.75) is 6.42 Å². The predicted octanol–water partition coefficient (Wildman–Crippen LogP) is 0.518. The highest BCUT2D eigenvalue weighted by Crippen LogP contribution is 1.98. The monoisotopic (exact) mass is 260 g/mol. The number of carbonyl (C=O) groups is 1. The van der Waals surface area contributed by atoms with Crippen LogP contribution in [0, 0.1) is 0 Å². The smallest absolute Gasteiger partial charge is 0.342 e. The third kappa shape index (κ3) is 3.38. The Morgan fingerprint density at radius 2 is 2.21 bits per heavy atom. The van der Waals surface area contributed by atoms with Gasteiger partial charge in [0, 0.05) is 24.9 Å². The van der Waals surface area contributed by atoms with Crippen LogP contribution in [0.5, 0.6) is 0 Å². The molecule has 0 amide bonds. The Bertz CT molecular complexity index is 624. The first-order valence-electron chi connectivity index (χ1n) is 5.63. The van der Waals surface area contributed by atoms with Gasteiger partial charge in [0.15, 0.2) is 0 Å². The number of rotatable bonds is 5. The molecule has 0 aliphatic carbocycles. The van der Waals surface area contributed by atoms with E-state index in [0.717, 1.165) is 11.9 Å². The van der Waals surface area contributed by atoms with Crippen molar-refractivity contribution < 1.29 is 9.90 Å². The van der Waals surface area contributed by atoms with Crippen LogP contribution in [0.25, 0.3) is 0 Å². The molecule has 2 heterocycles. The quantitative estimate of drug-likeness (QED) is 0.723. The van der Waals surface area contributed by atoms with Crippen LogP contribution in [0.15, 0.2) is 35.4 Å². The molecule has 2 aromatic rings. The summed E-state index contributed by atoms with van der Waals surface area (Å²) in [6.45, 7) is 0.534. The molecule has 0 atom stereocenters. The van der Waals surface area contributed by atoms with Crippen molar-refractivity contribution in [3.8, 4) is 0 Å². The average Bonchev–Trinajstić information content (AvgIpc) is 2.39. The standard InChI is InChI=1S/C12H12N4O3/c17-10-9(11(18)19)7-15-12(16-10)14-6-4-8-3-1-2-5-13-8/h1-3,5,7H,4,6H2,(H,18,19)(H2,14,15,16,17). The molecule has 0 unspecified atom stereocenters. The lowest BCUT2D eigenvalue weighted by Crippen LogP contribution is -2.20. The molecule has 0 saturated heterocycles. The maximum absolute atomic E-state index is 11.4. The first-order valence-corrected chi connectivity index (χ1v) is 5.63. The minimum Gasteiger partial charge on any atom is -0.477 e. The second-order valence-corrected chi connectivity index (χ2v) is 3.78. The number of hydrogen-bond donors (Lipinski definition) is 3. The van der Waals surface area contributed by atoms with Crippen molar-refractivity contribution in [3.05, 3.63) is 52.2 Å². The van der Waals surface area contributed by atoms with Gasteiger partial charge in [-0.25, -0.2) is 9.78 Å². The van der Waals surface area contributed by atoms with E-state index in [1.807, 2.05) is 18.2 Å². The lowest BCUT2D eigenvalue weighted by molar-refractivity contribution is 0.0694. The normalized spacial score (nSPS) is 10.1. The molecule has 0 bridgehead atoms. The van der Waals surface area contributed by atoms with Crippen LogP contribution in [0.1, 0.15) is 16.1 Å². The number of carboxylic acid groups (broad SMARTS) is 1. The van der Waals surface area contributed by atoms with E-state index in [0.29, 0.717) is 13.0 Å². The molecule has 0 aromatic carbocycles. The zero-order valence-electron chi connectivity index (χ0n) is 9.96. The number of aromatic nitrogens is 3. The number of aromatic carboxylic acids is 1. The molecule has 7 nitrogen and oxygen atoms in total. The van der Waals surface area contributed by atoms with Gasteiger partial charge in [0.05, 0.1) is 6.20 Å². The van der Waals surface area contributed by atoms with E-state index < -0.39 is 11.5 Å². The minimum absolute atomic E-state index is 0.242. The Kier molecular flexibility index (Phi) is 3.87. The Morgan fingerprint density at radius 1 is 1.37 bits per heavy atom. The lowest BCUT2D eigenvalue weighted by Gasteiger charge is -2.04. The highest BCUT2D eigenvalue weighted by atomic mass is 16.4. The van der Waals surface area contributed by atoms with E-state index in [2.05, 4.69) is 20.3 Å². The fourth-order valence-electron chi connectivity index (χ4n) is 1.49. The van der Waals surface area contributed by atoms with Gasteiger partial charge in [-0.1, -0.05) is 6.07 Å². The van der Waals surface area contributed by atoms with E-state index in [9.17, 15) is 9.59 Å². The molecule has 7 heteroatoms. The number of pyridine rings is 1. The third-order valence-electron chi connectivity index (χ3n) is 2.43. The van der Waals surface area contributed by atoms with Crippen LogP contribution in [0.4, 0.5) is 5.95 Å². The summed E-state index contributed by atoms with van der Waals surface area (Å²) in [4.78, 5) is 32.4. The van der Waals surface area contributed by atoms with Gasteiger partial charge in [-0.15, -0.1) is 0 Å². The van der Waals surface area contributed by atoms with Crippen molar-refractivity contribution in [1.29, 1.82) is 0 Å². The van der Waals surface area contributed by atoms with Crippen molar-refractivity contribution >= 4 is 11.9 Å². The number of anilines is 1. The summed E-state index contributed by atoms with van der Waals surface area (Å²) >= 11 is 0. The van der Waals surface area contributed by atoms with E-state index in [1.54, 1.807) is 6.20 Å². The summed E-state index contributed by atoms with van der Waals surface area (Å²) in [5.74, 6) is -1.06. The number of nitrogens with one attached hydrogen (secondary N) is 2. The Labute approximate surface area is 108 Å². The van der Waals surface area contributed by atoms with Crippen LogP contribution in [0.3, 0.4) is 0 Å².